The summed E-state index contributed by atoms with van der Waals surface area (Å²) in [7, 11) is 0. The van der Waals surface area contributed by atoms with Crippen LogP contribution in [0.15, 0.2) is 30.5 Å². The third kappa shape index (κ3) is 3.96. The van der Waals surface area contributed by atoms with Crippen molar-refractivity contribution in [3.8, 4) is 0 Å². The van der Waals surface area contributed by atoms with Crippen LogP contribution in [-0.2, 0) is 11.3 Å². The molecular weight excluding hydrogens is 412 g/mol. The van der Waals surface area contributed by atoms with Crippen molar-refractivity contribution < 1.29 is 14.4 Å². The summed E-state index contributed by atoms with van der Waals surface area (Å²) >= 11 is 1.04. The van der Waals surface area contributed by atoms with E-state index in [4.69, 9.17) is 5.73 Å². The van der Waals surface area contributed by atoms with E-state index in [9.17, 15) is 14.4 Å². The molecule has 1 aromatic heterocycles. The van der Waals surface area contributed by atoms with Crippen molar-refractivity contribution in [3.63, 3.8) is 0 Å². The number of primary amides is 1. The molecule has 4 aliphatic rings. The maximum Gasteiger partial charge on any atom is 0.260 e. The first-order chi connectivity index (χ1) is 14.9. The zero-order chi connectivity index (χ0) is 21.6. The molecule has 8 heteroatoms. The molecule has 0 unspecified atom stereocenters. The van der Waals surface area contributed by atoms with E-state index >= 15 is 0 Å². The Morgan fingerprint density at radius 1 is 1.03 bits per heavy atom. The Labute approximate surface area is 184 Å². The largest absolute Gasteiger partial charge is 0.365 e. The summed E-state index contributed by atoms with van der Waals surface area (Å²) in [6.45, 7) is 0.469. The van der Waals surface area contributed by atoms with Crippen LogP contribution in [0.25, 0.3) is 0 Å². The van der Waals surface area contributed by atoms with Crippen LogP contribution in [0.1, 0.15) is 64.1 Å². The number of nitrogens with zero attached hydrogens (tertiary/aromatic N) is 1. The molecule has 0 radical (unpaired) electrons. The van der Waals surface area contributed by atoms with Gasteiger partial charge in [0.1, 0.15) is 4.88 Å². The fourth-order valence-electron chi connectivity index (χ4n) is 6.15. The number of rotatable bonds is 6. The summed E-state index contributed by atoms with van der Waals surface area (Å²) in [5.74, 6) is 1.56. The molecule has 6 rings (SSSR count). The minimum absolute atomic E-state index is 0.147. The number of anilines is 1. The molecule has 2 aromatic rings. The van der Waals surface area contributed by atoms with Crippen molar-refractivity contribution in [2.75, 3.05) is 5.32 Å². The van der Waals surface area contributed by atoms with E-state index in [0.29, 0.717) is 22.1 Å². The number of nitrogens with two attached hydrogens (primary N) is 1. The van der Waals surface area contributed by atoms with E-state index < -0.39 is 5.91 Å². The van der Waals surface area contributed by atoms with Crippen molar-refractivity contribution in [2.45, 2.75) is 45.1 Å². The Kier molecular flexibility index (Phi) is 5.04. The van der Waals surface area contributed by atoms with Gasteiger partial charge in [0.2, 0.25) is 5.91 Å². The lowest BCUT2D eigenvalue weighted by molar-refractivity contribution is -0.146. The lowest BCUT2D eigenvalue weighted by Crippen LogP contribution is -2.53. The van der Waals surface area contributed by atoms with Crippen LogP contribution in [-0.4, -0.2) is 22.7 Å². The molecule has 4 bridgehead atoms. The topological polar surface area (TPSA) is 114 Å². The Hall–Kier alpha value is -2.74. The Morgan fingerprint density at radius 3 is 2.19 bits per heavy atom. The fourth-order valence-corrected chi connectivity index (χ4v) is 6.81. The maximum atomic E-state index is 13.1. The zero-order valence-electron chi connectivity index (χ0n) is 17.2. The Bertz CT molecular complexity index is 994. The fraction of sp³-hybridized carbons (Fsp3) is 0.478. The molecule has 4 fully saturated rings. The average Bonchev–Trinajstić information content (AvgIpc) is 3.20. The van der Waals surface area contributed by atoms with Gasteiger partial charge in [-0.1, -0.05) is 23.5 Å². The summed E-state index contributed by atoms with van der Waals surface area (Å²) < 4.78 is 0. The normalized spacial score (nSPS) is 28.3. The van der Waals surface area contributed by atoms with E-state index in [2.05, 4.69) is 15.6 Å². The summed E-state index contributed by atoms with van der Waals surface area (Å²) in [6.07, 6.45) is 8.47. The van der Waals surface area contributed by atoms with Crippen LogP contribution in [0.5, 0.6) is 0 Å². The Balaban J connectivity index is 1.17. The number of aromatic nitrogens is 1. The van der Waals surface area contributed by atoms with Gasteiger partial charge in [0.05, 0.1) is 6.20 Å². The minimum Gasteiger partial charge on any atom is -0.365 e. The third-order valence-corrected chi connectivity index (χ3v) is 8.09. The molecule has 3 amide bonds. The average molecular weight is 439 g/mol. The predicted octanol–water partition coefficient (Wildman–Crippen LogP) is 3.33. The number of thiazole rings is 1. The Morgan fingerprint density at radius 2 is 1.65 bits per heavy atom. The number of carbonyl (C=O) groups excluding carboxylic acids is 3. The third-order valence-electron chi connectivity index (χ3n) is 7.16. The van der Waals surface area contributed by atoms with Gasteiger partial charge in [0, 0.05) is 17.5 Å². The monoisotopic (exact) mass is 438 g/mol. The highest BCUT2D eigenvalue weighted by Gasteiger charge is 2.54. The number of hydrogen-bond donors (Lipinski definition) is 3. The zero-order valence-corrected chi connectivity index (χ0v) is 18.0. The summed E-state index contributed by atoms with van der Waals surface area (Å²) in [5, 5.41) is 6.16. The second-order valence-electron chi connectivity index (χ2n) is 9.43. The summed E-state index contributed by atoms with van der Waals surface area (Å²) in [5.41, 5.74) is 6.50. The van der Waals surface area contributed by atoms with Gasteiger partial charge >= 0.3 is 0 Å². The van der Waals surface area contributed by atoms with Crippen LogP contribution >= 0.6 is 11.3 Å². The number of hydrogen-bond acceptors (Lipinski definition) is 5. The first-order valence-electron chi connectivity index (χ1n) is 10.8. The van der Waals surface area contributed by atoms with E-state index in [1.165, 1.54) is 25.5 Å². The highest BCUT2D eigenvalue weighted by molar-refractivity contribution is 7.17. The van der Waals surface area contributed by atoms with E-state index in [0.717, 1.165) is 53.9 Å². The number of nitrogens with one attached hydrogen (secondary N) is 2. The van der Waals surface area contributed by atoms with Gasteiger partial charge in [0.25, 0.3) is 11.8 Å². The predicted molar refractivity (Wildman–Crippen MR) is 117 cm³/mol. The molecule has 4 N–H and O–H groups in total. The van der Waals surface area contributed by atoms with Crippen LogP contribution in [0.2, 0.25) is 0 Å². The number of carbonyl (C=O) groups is 3. The molecule has 0 saturated heterocycles. The number of benzene rings is 1. The second-order valence-corrected chi connectivity index (χ2v) is 10.5. The van der Waals surface area contributed by atoms with Gasteiger partial charge < -0.3 is 11.1 Å². The SMILES string of the molecule is NC(=O)c1cnc(NC(=O)c2ccc(CNC(=O)C34CC5CC(CC(C5)C3)C4)cc2)s1. The van der Waals surface area contributed by atoms with Crippen LogP contribution in [0.3, 0.4) is 0 Å². The highest BCUT2D eigenvalue weighted by atomic mass is 32.1. The van der Waals surface area contributed by atoms with Gasteiger partial charge in [-0.3, -0.25) is 19.7 Å². The van der Waals surface area contributed by atoms with Gasteiger partial charge in [-0.2, -0.15) is 0 Å². The van der Waals surface area contributed by atoms with Crippen molar-refractivity contribution in [3.05, 3.63) is 46.5 Å². The van der Waals surface area contributed by atoms with Crippen molar-refractivity contribution >= 4 is 34.2 Å². The van der Waals surface area contributed by atoms with E-state index in [1.54, 1.807) is 12.1 Å². The highest BCUT2D eigenvalue weighted by Crippen LogP contribution is 2.60. The molecule has 0 spiro atoms. The van der Waals surface area contributed by atoms with E-state index in [-0.39, 0.29) is 17.2 Å². The minimum atomic E-state index is -0.571. The van der Waals surface area contributed by atoms with Crippen LogP contribution < -0.4 is 16.4 Å². The molecule has 4 saturated carbocycles. The quantitative estimate of drug-likeness (QED) is 0.642. The smallest absolute Gasteiger partial charge is 0.260 e. The molecule has 7 nitrogen and oxygen atoms in total. The first kappa shape index (κ1) is 20.2. The van der Waals surface area contributed by atoms with Crippen molar-refractivity contribution in [1.29, 1.82) is 0 Å². The number of amides is 3. The molecule has 4 aliphatic carbocycles. The van der Waals surface area contributed by atoms with Crippen molar-refractivity contribution in [2.24, 2.45) is 28.9 Å². The summed E-state index contributed by atoms with van der Waals surface area (Å²) in [6, 6.07) is 7.16. The van der Waals surface area contributed by atoms with Crippen LogP contribution in [0.4, 0.5) is 5.13 Å². The van der Waals surface area contributed by atoms with E-state index in [1.807, 2.05) is 12.1 Å². The summed E-state index contributed by atoms with van der Waals surface area (Å²) in [4.78, 5) is 40.9. The molecule has 162 valence electrons. The van der Waals surface area contributed by atoms with Gasteiger partial charge in [-0.05, 0) is 74.0 Å². The molecular formula is C23H26N4O3S. The van der Waals surface area contributed by atoms with Gasteiger partial charge in [-0.25, -0.2) is 4.98 Å². The lowest BCUT2D eigenvalue weighted by Gasteiger charge is -2.55. The standard InChI is InChI=1S/C23H26N4O3S/c24-19(28)18-12-26-22(31-18)27-20(29)17-3-1-13(2-4-17)11-25-21(30)23-8-14-5-15(9-23)7-16(6-14)10-23/h1-4,12,14-16H,5-11H2,(H2,24,28)(H,25,30)(H,26,27,29). The molecule has 0 atom stereocenters. The lowest BCUT2D eigenvalue weighted by atomic mass is 9.49. The molecule has 1 aromatic carbocycles. The molecule has 0 aliphatic heterocycles. The van der Waals surface area contributed by atoms with Gasteiger partial charge in [0.15, 0.2) is 5.13 Å². The van der Waals surface area contributed by atoms with Crippen molar-refractivity contribution in [1.82, 2.24) is 10.3 Å². The molecule has 1 heterocycles. The first-order valence-corrected chi connectivity index (χ1v) is 11.7. The second kappa shape index (κ2) is 7.75. The van der Waals surface area contributed by atoms with Crippen LogP contribution in [0, 0.1) is 23.2 Å². The van der Waals surface area contributed by atoms with Gasteiger partial charge in [-0.15, -0.1) is 0 Å². The maximum absolute atomic E-state index is 13.1. The molecule has 31 heavy (non-hydrogen) atoms.